The van der Waals surface area contributed by atoms with Gasteiger partial charge in [0.2, 0.25) is 0 Å². The van der Waals surface area contributed by atoms with Gasteiger partial charge >= 0.3 is 0 Å². The maximum atomic E-state index is 13.3. The van der Waals surface area contributed by atoms with Crippen molar-refractivity contribution >= 4 is 22.2 Å². The van der Waals surface area contributed by atoms with Crippen LogP contribution in [0.25, 0.3) is 0 Å². The number of halogens is 2. The van der Waals surface area contributed by atoms with Gasteiger partial charge in [-0.3, -0.25) is 0 Å². The Morgan fingerprint density at radius 1 is 1.47 bits per heavy atom. The SMILES string of the molecule is O=CCCc1cc(F)cc(Br)c1OCC1CC1. The molecule has 0 N–H and O–H groups in total. The fourth-order valence-corrected chi connectivity index (χ4v) is 2.25. The fourth-order valence-electron chi connectivity index (χ4n) is 1.66. The lowest BCUT2D eigenvalue weighted by molar-refractivity contribution is -0.107. The van der Waals surface area contributed by atoms with Crippen molar-refractivity contribution in [1.82, 2.24) is 0 Å². The Kier molecular flexibility index (Phi) is 4.15. The predicted octanol–water partition coefficient (Wildman–Crippen LogP) is 3.51. The van der Waals surface area contributed by atoms with Gasteiger partial charge in [-0.05, 0) is 58.8 Å². The molecule has 0 aliphatic heterocycles. The summed E-state index contributed by atoms with van der Waals surface area (Å²) in [6.45, 7) is 0.679. The third-order valence-corrected chi connectivity index (χ3v) is 3.37. The molecule has 1 aliphatic carbocycles. The molecule has 2 nitrogen and oxygen atoms in total. The Morgan fingerprint density at radius 2 is 2.24 bits per heavy atom. The Bertz CT molecular complexity index is 416. The van der Waals surface area contributed by atoms with Crippen molar-refractivity contribution < 1.29 is 13.9 Å². The third kappa shape index (κ3) is 3.53. The summed E-state index contributed by atoms with van der Waals surface area (Å²) >= 11 is 3.31. The molecule has 0 bridgehead atoms. The maximum Gasteiger partial charge on any atom is 0.136 e. The summed E-state index contributed by atoms with van der Waals surface area (Å²) in [6.07, 6.45) is 4.16. The van der Waals surface area contributed by atoms with E-state index in [9.17, 15) is 9.18 Å². The number of rotatable bonds is 6. The number of carbonyl (C=O) groups excluding carboxylic acids is 1. The van der Waals surface area contributed by atoms with Crippen molar-refractivity contribution in [2.75, 3.05) is 6.61 Å². The third-order valence-electron chi connectivity index (χ3n) is 2.78. The van der Waals surface area contributed by atoms with Gasteiger partial charge in [0.05, 0.1) is 11.1 Å². The molecule has 92 valence electrons. The Balaban J connectivity index is 2.15. The molecule has 0 radical (unpaired) electrons. The quantitative estimate of drug-likeness (QED) is 0.752. The van der Waals surface area contributed by atoms with E-state index in [1.54, 1.807) is 0 Å². The van der Waals surface area contributed by atoms with Gasteiger partial charge in [0.15, 0.2) is 0 Å². The summed E-state index contributed by atoms with van der Waals surface area (Å²) in [4.78, 5) is 10.4. The van der Waals surface area contributed by atoms with E-state index in [1.807, 2.05) is 0 Å². The second-order valence-electron chi connectivity index (χ2n) is 4.34. The van der Waals surface area contributed by atoms with Gasteiger partial charge in [-0.25, -0.2) is 4.39 Å². The highest BCUT2D eigenvalue weighted by atomic mass is 79.9. The number of benzene rings is 1. The van der Waals surface area contributed by atoms with Gasteiger partial charge in [-0.15, -0.1) is 0 Å². The van der Waals surface area contributed by atoms with E-state index in [2.05, 4.69) is 15.9 Å². The molecule has 4 heteroatoms. The molecular formula is C13H14BrFO2. The standard InChI is InChI=1S/C13H14BrFO2/c14-12-7-11(15)6-10(2-1-5-16)13(12)17-8-9-3-4-9/h5-7,9H,1-4,8H2. The Hall–Kier alpha value is -0.900. The van der Waals surface area contributed by atoms with Crippen molar-refractivity contribution in [3.05, 3.63) is 28.0 Å². The highest BCUT2D eigenvalue weighted by Gasteiger charge is 2.23. The van der Waals surface area contributed by atoms with E-state index < -0.39 is 0 Å². The van der Waals surface area contributed by atoms with Gasteiger partial charge in [0, 0.05) is 6.42 Å². The molecule has 0 spiro atoms. The van der Waals surface area contributed by atoms with Crippen LogP contribution in [0, 0.1) is 11.7 Å². The van der Waals surface area contributed by atoms with E-state index in [4.69, 9.17) is 4.74 Å². The largest absolute Gasteiger partial charge is 0.492 e. The summed E-state index contributed by atoms with van der Waals surface area (Å²) in [7, 11) is 0. The first-order valence-corrected chi connectivity index (χ1v) is 6.54. The molecule has 1 aromatic carbocycles. The van der Waals surface area contributed by atoms with Gasteiger partial charge in [-0.1, -0.05) is 0 Å². The molecule has 0 aromatic heterocycles. The molecule has 0 heterocycles. The normalized spacial score (nSPS) is 14.7. The summed E-state index contributed by atoms with van der Waals surface area (Å²) in [5.41, 5.74) is 0.754. The number of carbonyl (C=O) groups is 1. The minimum absolute atomic E-state index is 0.309. The van der Waals surface area contributed by atoms with Crippen molar-refractivity contribution in [2.24, 2.45) is 5.92 Å². The predicted molar refractivity (Wildman–Crippen MR) is 66.7 cm³/mol. The summed E-state index contributed by atoms with van der Waals surface area (Å²) in [5, 5.41) is 0. The van der Waals surface area contributed by atoms with Gasteiger partial charge in [0.1, 0.15) is 17.9 Å². The first-order chi connectivity index (χ1) is 8.20. The minimum atomic E-state index is -0.309. The van der Waals surface area contributed by atoms with Crippen molar-refractivity contribution in [1.29, 1.82) is 0 Å². The Labute approximate surface area is 108 Å². The molecule has 0 atom stereocenters. The van der Waals surface area contributed by atoms with Crippen molar-refractivity contribution in [2.45, 2.75) is 25.7 Å². The van der Waals surface area contributed by atoms with Gasteiger partial charge in [0.25, 0.3) is 0 Å². The van der Waals surface area contributed by atoms with Crippen LogP contribution in [0.3, 0.4) is 0 Å². The summed E-state index contributed by atoms with van der Waals surface area (Å²) in [6, 6.07) is 2.84. The smallest absolute Gasteiger partial charge is 0.136 e. The zero-order valence-corrected chi connectivity index (χ0v) is 11.0. The summed E-state index contributed by atoms with van der Waals surface area (Å²) < 4.78 is 19.6. The number of hydrogen-bond donors (Lipinski definition) is 0. The lowest BCUT2D eigenvalue weighted by atomic mass is 10.1. The molecule has 1 aromatic rings. The van der Waals surface area contributed by atoms with Crippen LogP contribution in [0.4, 0.5) is 4.39 Å². The van der Waals surface area contributed by atoms with Gasteiger partial charge < -0.3 is 9.53 Å². The zero-order chi connectivity index (χ0) is 12.3. The molecule has 0 amide bonds. The maximum absolute atomic E-state index is 13.3. The van der Waals surface area contributed by atoms with E-state index in [-0.39, 0.29) is 5.82 Å². The number of ether oxygens (including phenoxy) is 1. The second kappa shape index (κ2) is 5.63. The van der Waals surface area contributed by atoms with E-state index in [1.165, 1.54) is 25.0 Å². The monoisotopic (exact) mass is 300 g/mol. The zero-order valence-electron chi connectivity index (χ0n) is 9.42. The van der Waals surface area contributed by atoms with E-state index >= 15 is 0 Å². The van der Waals surface area contributed by atoms with Crippen LogP contribution in [-0.4, -0.2) is 12.9 Å². The Morgan fingerprint density at radius 3 is 2.88 bits per heavy atom. The number of hydrogen-bond acceptors (Lipinski definition) is 2. The van der Waals surface area contributed by atoms with Crippen LogP contribution in [0.2, 0.25) is 0 Å². The molecule has 1 fully saturated rings. The second-order valence-corrected chi connectivity index (χ2v) is 5.19. The van der Waals surface area contributed by atoms with Crippen LogP contribution in [0.15, 0.2) is 16.6 Å². The lowest BCUT2D eigenvalue weighted by Gasteiger charge is -2.12. The first kappa shape index (κ1) is 12.6. The molecule has 2 rings (SSSR count). The fraction of sp³-hybridized carbons (Fsp3) is 0.462. The minimum Gasteiger partial charge on any atom is -0.492 e. The van der Waals surface area contributed by atoms with Crippen molar-refractivity contribution in [3.63, 3.8) is 0 Å². The molecular weight excluding hydrogens is 287 g/mol. The molecule has 17 heavy (non-hydrogen) atoms. The highest BCUT2D eigenvalue weighted by Crippen LogP contribution is 2.34. The topological polar surface area (TPSA) is 26.3 Å². The van der Waals surface area contributed by atoms with Crippen LogP contribution < -0.4 is 4.74 Å². The molecule has 0 saturated heterocycles. The van der Waals surface area contributed by atoms with E-state index in [0.717, 1.165) is 11.8 Å². The van der Waals surface area contributed by atoms with Crippen LogP contribution in [0.5, 0.6) is 5.75 Å². The first-order valence-electron chi connectivity index (χ1n) is 5.75. The highest BCUT2D eigenvalue weighted by molar-refractivity contribution is 9.10. The lowest BCUT2D eigenvalue weighted by Crippen LogP contribution is -2.03. The van der Waals surface area contributed by atoms with Crippen molar-refractivity contribution in [3.8, 4) is 5.75 Å². The van der Waals surface area contributed by atoms with Crippen LogP contribution >= 0.6 is 15.9 Å². The van der Waals surface area contributed by atoms with E-state index in [0.29, 0.717) is 35.6 Å². The van der Waals surface area contributed by atoms with Gasteiger partial charge in [-0.2, -0.15) is 0 Å². The molecule has 1 aliphatic rings. The van der Waals surface area contributed by atoms with Crippen LogP contribution in [-0.2, 0) is 11.2 Å². The number of aldehydes is 1. The summed E-state index contributed by atoms with van der Waals surface area (Å²) in [5.74, 6) is 1.02. The average Bonchev–Trinajstić information content (AvgIpc) is 3.08. The average molecular weight is 301 g/mol. The molecule has 1 saturated carbocycles. The molecule has 0 unspecified atom stereocenters. The number of aryl methyl sites for hydroxylation is 1. The van der Waals surface area contributed by atoms with Crippen LogP contribution in [0.1, 0.15) is 24.8 Å².